The molecule has 5 heteroatoms. The summed E-state index contributed by atoms with van der Waals surface area (Å²) < 4.78 is 17.7. The molecule has 1 atom stereocenters. The Labute approximate surface area is 144 Å². The van der Waals surface area contributed by atoms with Crippen LogP contribution in [-0.4, -0.2) is 62.0 Å². The lowest BCUT2D eigenvalue weighted by Gasteiger charge is -2.53. The molecule has 4 aliphatic rings. The van der Waals surface area contributed by atoms with Gasteiger partial charge in [-0.1, -0.05) is 6.08 Å². The summed E-state index contributed by atoms with van der Waals surface area (Å²) in [5.74, 6) is 0.873. The van der Waals surface area contributed by atoms with Gasteiger partial charge in [-0.3, -0.25) is 4.79 Å². The largest absolute Gasteiger partial charge is 0.381 e. The number of ether oxygens (including phenoxy) is 3. The van der Waals surface area contributed by atoms with Crippen molar-refractivity contribution in [3.05, 3.63) is 11.6 Å². The molecule has 4 rings (SSSR count). The lowest BCUT2D eigenvalue weighted by atomic mass is 9.84. The van der Waals surface area contributed by atoms with Crippen molar-refractivity contribution in [1.29, 1.82) is 0 Å². The van der Waals surface area contributed by atoms with Crippen LogP contribution in [0, 0.1) is 5.92 Å². The predicted octanol–water partition coefficient (Wildman–Crippen LogP) is 2.30. The molecule has 3 fully saturated rings. The van der Waals surface area contributed by atoms with Crippen LogP contribution in [0.2, 0.25) is 0 Å². The number of likely N-dealkylation sites (tertiary alicyclic amines) is 1. The highest BCUT2D eigenvalue weighted by Gasteiger charge is 2.50. The maximum absolute atomic E-state index is 12.4. The summed E-state index contributed by atoms with van der Waals surface area (Å²) in [4.78, 5) is 14.4. The molecular formula is C19H29NO4. The van der Waals surface area contributed by atoms with Gasteiger partial charge in [0.1, 0.15) is 5.60 Å². The van der Waals surface area contributed by atoms with Crippen LogP contribution in [0.1, 0.15) is 44.9 Å². The van der Waals surface area contributed by atoms with Crippen molar-refractivity contribution in [1.82, 2.24) is 4.90 Å². The summed E-state index contributed by atoms with van der Waals surface area (Å²) >= 11 is 0. The van der Waals surface area contributed by atoms with Crippen molar-refractivity contribution < 1.29 is 19.0 Å². The highest BCUT2D eigenvalue weighted by molar-refractivity contribution is 5.94. The van der Waals surface area contributed by atoms with Crippen LogP contribution in [0.5, 0.6) is 0 Å². The number of allylic oxidation sites excluding steroid dienone is 1. The van der Waals surface area contributed by atoms with Crippen molar-refractivity contribution in [2.24, 2.45) is 5.92 Å². The topological polar surface area (TPSA) is 48.0 Å². The van der Waals surface area contributed by atoms with Crippen molar-refractivity contribution in [2.75, 3.05) is 39.5 Å². The van der Waals surface area contributed by atoms with E-state index in [9.17, 15) is 4.79 Å². The molecule has 3 aliphatic heterocycles. The fraction of sp³-hybridized carbons (Fsp3) is 0.842. The first-order valence-corrected chi connectivity index (χ1v) is 9.56. The summed E-state index contributed by atoms with van der Waals surface area (Å²) in [5.41, 5.74) is 0.862. The van der Waals surface area contributed by atoms with Gasteiger partial charge in [0, 0.05) is 38.4 Å². The molecule has 0 radical (unpaired) electrons. The fourth-order valence-electron chi connectivity index (χ4n) is 4.39. The number of carbonyl (C=O) groups is 1. The van der Waals surface area contributed by atoms with E-state index in [2.05, 4.69) is 6.08 Å². The van der Waals surface area contributed by atoms with E-state index in [1.54, 1.807) is 0 Å². The number of carbonyl (C=O) groups excluding carboxylic acids is 1. The van der Waals surface area contributed by atoms with Gasteiger partial charge >= 0.3 is 0 Å². The smallest absolute Gasteiger partial charge is 0.249 e. The Kier molecular flexibility index (Phi) is 4.93. The maximum Gasteiger partial charge on any atom is 0.249 e. The summed E-state index contributed by atoms with van der Waals surface area (Å²) in [6, 6.07) is 0. The van der Waals surface area contributed by atoms with Crippen LogP contribution in [0.15, 0.2) is 11.6 Å². The van der Waals surface area contributed by atoms with Gasteiger partial charge in [-0.2, -0.15) is 0 Å². The van der Waals surface area contributed by atoms with Crippen LogP contribution in [-0.2, 0) is 19.0 Å². The van der Waals surface area contributed by atoms with E-state index in [4.69, 9.17) is 14.2 Å². The molecule has 0 bridgehead atoms. The zero-order valence-corrected chi connectivity index (χ0v) is 14.5. The van der Waals surface area contributed by atoms with E-state index in [0.717, 1.165) is 90.0 Å². The van der Waals surface area contributed by atoms with Crippen LogP contribution in [0.3, 0.4) is 0 Å². The third kappa shape index (κ3) is 3.53. The Morgan fingerprint density at radius 3 is 2.83 bits per heavy atom. The Bertz CT molecular complexity index is 492. The first kappa shape index (κ1) is 16.6. The number of nitrogens with zero attached hydrogens (tertiary/aromatic N) is 1. The van der Waals surface area contributed by atoms with Crippen LogP contribution in [0.4, 0.5) is 0 Å². The zero-order chi connectivity index (χ0) is 16.4. The molecule has 1 aliphatic carbocycles. The van der Waals surface area contributed by atoms with Crippen LogP contribution in [0.25, 0.3) is 0 Å². The first-order chi connectivity index (χ1) is 11.7. The second-order valence-electron chi connectivity index (χ2n) is 7.82. The van der Waals surface area contributed by atoms with Gasteiger partial charge in [0.05, 0.1) is 19.2 Å². The summed E-state index contributed by atoms with van der Waals surface area (Å²) in [7, 11) is 0. The van der Waals surface area contributed by atoms with Gasteiger partial charge in [0.2, 0.25) is 5.91 Å². The highest BCUT2D eigenvalue weighted by Crippen LogP contribution is 2.37. The minimum absolute atomic E-state index is 0.145. The fourth-order valence-corrected chi connectivity index (χ4v) is 4.39. The van der Waals surface area contributed by atoms with Crippen LogP contribution < -0.4 is 0 Å². The van der Waals surface area contributed by atoms with E-state index in [-0.39, 0.29) is 17.6 Å². The second kappa shape index (κ2) is 7.14. The van der Waals surface area contributed by atoms with Crippen molar-refractivity contribution in [2.45, 2.75) is 56.7 Å². The third-order valence-electron chi connectivity index (χ3n) is 5.92. The Morgan fingerprint density at radius 1 is 1.25 bits per heavy atom. The first-order valence-electron chi connectivity index (χ1n) is 9.56. The molecule has 1 amide bonds. The minimum atomic E-state index is -0.145. The molecule has 0 saturated carbocycles. The third-order valence-corrected chi connectivity index (χ3v) is 5.92. The molecule has 1 spiro atoms. The minimum Gasteiger partial charge on any atom is -0.381 e. The van der Waals surface area contributed by atoms with Gasteiger partial charge in [0.25, 0.3) is 0 Å². The normalized spacial score (nSPS) is 30.2. The lowest BCUT2D eigenvalue weighted by molar-refractivity contribution is -0.201. The van der Waals surface area contributed by atoms with Gasteiger partial charge in [0.15, 0.2) is 0 Å². The molecule has 134 valence electrons. The maximum atomic E-state index is 12.4. The van der Waals surface area contributed by atoms with E-state index in [1.807, 2.05) is 4.90 Å². The molecule has 3 heterocycles. The van der Waals surface area contributed by atoms with E-state index < -0.39 is 0 Å². The molecule has 0 N–H and O–H groups in total. The monoisotopic (exact) mass is 335 g/mol. The Morgan fingerprint density at radius 2 is 2.08 bits per heavy atom. The second-order valence-corrected chi connectivity index (χ2v) is 7.82. The zero-order valence-electron chi connectivity index (χ0n) is 14.5. The number of hydrogen-bond donors (Lipinski definition) is 0. The van der Waals surface area contributed by atoms with Crippen molar-refractivity contribution in [3.63, 3.8) is 0 Å². The molecule has 24 heavy (non-hydrogen) atoms. The lowest BCUT2D eigenvalue weighted by Crippen LogP contribution is -2.67. The van der Waals surface area contributed by atoms with Gasteiger partial charge in [-0.05, 0) is 44.4 Å². The predicted molar refractivity (Wildman–Crippen MR) is 89.7 cm³/mol. The summed E-state index contributed by atoms with van der Waals surface area (Å²) in [6.07, 6.45) is 9.65. The van der Waals surface area contributed by atoms with Gasteiger partial charge in [-0.15, -0.1) is 0 Å². The number of hydrogen-bond acceptors (Lipinski definition) is 4. The molecule has 0 aromatic rings. The molecule has 1 unspecified atom stereocenters. The number of rotatable bonds is 4. The van der Waals surface area contributed by atoms with Crippen molar-refractivity contribution in [3.8, 4) is 0 Å². The molecule has 3 saturated heterocycles. The summed E-state index contributed by atoms with van der Waals surface area (Å²) in [5, 5.41) is 0. The van der Waals surface area contributed by atoms with Gasteiger partial charge in [-0.25, -0.2) is 0 Å². The number of amides is 1. The molecular weight excluding hydrogens is 306 g/mol. The highest BCUT2D eigenvalue weighted by atomic mass is 16.5. The standard InChI is InChI=1S/C19H29NO4/c21-18(16-3-1-2-4-16)20-13-19(14-20)11-17(7-10-24-19)23-12-15-5-8-22-9-6-15/h3,15,17H,1-2,4-14H2. The van der Waals surface area contributed by atoms with E-state index in [0.29, 0.717) is 5.92 Å². The molecule has 0 aromatic carbocycles. The average molecular weight is 335 g/mol. The van der Waals surface area contributed by atoms with Crippen molar-refractivity contribution >= 4 is 5.91 Å². The Balaban J connectivity index is 1.24. The van der Waals surface area contributed by atoms with E-state index >= 15 is 0 Å². The average Bonchev–Trinajstić information content (AvgIpc) is 3.13. The van der Waals surface area contributed by atoms with Crippen LogP contribution >= 0.6 is 0 Å². The molecule has 0 aromatic heterocycles. The quantitative estimate of drug-likeness (QED) is 0.791. The molecule has 5 nitrogen and oxygen atoms in total. The van der Waals surface area contributed by atoms with E-state index in [1.165, 1.54) is 0 Å². The summed E-state index contributed by atoms with van der Waals surface area (Å²) in [6.45, 7) is 4.82. The SMILES string of the molecule is O=C(C1=CCCC1)N1CC2(CC(OCC3CCOCC3)CCO2)C1. The Hall–Kier alpha value is -0.910. The van der Waals surface area contributed by atoms with Gasteiger partial charge < -0.3 is 19.1 Å².